The van der Waals surface area contributed by atoms with E-state index in [1.807, 2.05) is 0 Å². The predicted molar refractivity (Wildman–Crippen MR) is 89.7 cm³/mol. The summed E-state index contributed by atoms with van der Waals surface area (Å²) in [6.45, 7) is 1.09. The summed E-state index contributed by atoms with van der Waals surface area (Å²) in [6, 6.07) is 6.46. The maximum absolute atomic E-state index is 13.8. The minimum absolute atomic E-state index is 0.00153. The molecule has 2 heterocycles. The second-order valence-electron chi connectivity index (χ2n) is 5.85. The highest BCUT2D eigenvalue weighted by Gasteiger charge is 2.26. The second-order valence-corrected chi connectivity index (χ2v) is 6.96. The van der Waals surface area contributed by atoms with E-state index >= 15 is 0 Å². The third-order valence-electron chi connectivity index (χ3n) is 4.23. The van der Waals surface area contributed by atoms with Gasteiger partial charge in [0.15, 0.2) is 0 Å². The van der Waals surface area contributed by atoms with E-state index in [1.165, 1.54) is 17.4 Å². The van der Waals surface area contributed by atoms with Crippen molar-refractivity contribution in [3.63, 3.8) is 0 Å². The maximum Gasteiger partial charge on any atom is 0.227 e. The lowest BCUT2D eigenvalue weighted by molar-refractivity contribution is -0.134. The van der Waals surface area contributed by atoms with E-state index in [9.17, 15) is 14.0 Å². The Balaban J connectivity index is 1.62. The average Bonchev–Trinajstić information content (AvgIpc) is 3.03. The molecule has 2 aromatic rings. The third kappa shape index (κ3) is 3.62. The molecule has 0 spiro atoms. The molecule has 126 valence electrons. The minimum atomic E-state index is -0.321. The summed E-state index contributed by atoms with van der Waals surface area (Å²) in [5, 5.41) is 0.573. The highest BCUT2D eigenvalue weighted by Crippen LogP contribution is 2.28. The number of aromatic nitrogens is 1. The van der Waals surface area contributed by atoms with Crippen molar-refractivity contribution in [2.75, 3.05) is 13.1 Å². The molecule has 0 saturated carbocycles. The molecule has 1 aliphatic heterocycles. The summed E-state index contributed by atoms with van der Waals surface area (Å²) < 4.78 is 13.8. The van der Waals surface area contributed by atoms with Crippen molar-refractivity contribution >= 4 is 23.2 Å². The number of halogens is 1. The van der Waals surface area contributed by atoms with Gasteiger partial charge < -0.3 is 10.6 Å². The summed E-state index contributed by atoms with van der Waals surface area (Å²) in [5.41, 5.74) is 5.75. The normalized spacial score (nSPS) is 15.5. The van der Waals surface area contributed by atoms with Gasteiger partial charge in [-0.25, -0.2) is 9.37 Å². The van der Waals surface area contributed by atoms with Crippen molar-refractivity contribution in [3.05, 3.63) is 41.2 Å². The van der Waals surface area contributed by atoms with E-state index in [0.717, 1.165) is 4.88 Å². The van der Waals surface area contributed by atoms with Crippen LogP contribution in [0.25, 0.3) is 10.6 Å². The number of hydrogen-bond donors (Lipinski definition) is 1. The molecule has 2 N–H and O–H groups in total. The molecular formula is C17H18FN3O2S. The quantitative estimate of drug-likeness (QED) is 0.921. The Bertz CT molecular complexity index is 754. The van der Waals surface area contributed by atoms with Crippen molar-refractivity contribution in [2.24, 2.45) is 11.7 Å². The van der Waals surface area contributed by atoms with Crippen molar-refractivity contribution in [1.29, 1.82) is 0 Å². The van der Waals surface area contributed by atoms with E-state index in [1.54, 1.807) is 29.3 Å². The molecular weight excluding hydrogens is 329 g/mol. The Morgan fingerprint density at radius 3 is 2.67 bits per heavy atom. The Morgan fingerprint density at radius 2 is 2.00 bits per heavy atom. The number of thiazole rings is 1. The first kappa shape index (κ1) is 16.6. The van der Waals surface area contributed by atoms with E-state index in [0.29, 0.717) is 36.5 Å². The first-order valence-electron chi connectivity index (χ1n) is 7.81. The van der Waals surface area contributed by atoms with Gasteiger partial charge in [-0.15, -0.1) is 11.3 Å². The first-order chi connectivity index (χ1) is 11.5. The number of hydrogen-bond acceptors (Lipinski definition) is 4. The predicted octanol–water partition coefficient (Wildman–Crippen LogP) is 2.22. The van der Waals surface area contributed by atoms with Crippen LogP contribution in [0.5, 0.6) is 0 Å². The topological polar surface area (TPSA) is 76.3 Å². The summed E-state index contributed by atoms with van der Waals surface area (Å²) >= 11 is 1.33. The maximum atomic E-state index is 13.8. The fourth-order valence-corrected chi connectivity index (χ4v) is 3.75. The molecule has 1 saturated heterocycles. The van der Waals surface area contributed by atoms with Gasteiger partial charge in [0, 0.05) is 35.6 Å². The van der Waals surface area contributed by atoms with E-state index in [-0.39, 0.29) is 30.0 Å². The molecule has 2 amide bonds. The SMILES string of the molecule is NC(=O)C1CCN(C(=O)Cc2cnc(-c3ccccc3F)s2)CC1. The number of carbonyl (C=O) groups excluding carboxylic acids is 2. The van der Waals surface area contributed by atoms with Crippen molar-refractivity contribution in [3.8, 4) is 10.6 Å². The van der Waals surface area contributed by atoms with E-state index < -0.39 is 0 Å². The van der Waals surface area contributed by atoms with Crippen LogP contribution < -0.4 is 5.73 Å². The summed E-state index contributed by atoms with van der Waals surface area (Å²) in [7, 11) is 0. The molecule has 0 aliphatic carbocycles. The van der Waals surface area contributed by atoms with Gasteiger partial charge in [-0.1, -0.05) is 12.1 Å². The fraction of sp³-hybridized carbons (Fsp3) is 0.353. The highest BCUT2D eigenvalue weighted by molar-refractivity contribution is 7.15. The standard InChI is InChI=1S/C17H18FN3O2S/c18-14-4-2-1-3-13(14)17-20-10-12(24-17)9-15(22)21-7-5-11(6-8-21)16(19)23/h1-4,10-11H,5-9H2,(H2,19,23). The molecule has 1 fully saturated rings. The van der Waals surface area contributed by atoms with Crippen LogP contribution in [-0.4, -0.2) is 34.8 Å². The monoisotopic (exact) mass is 347 g/mol. The molecule has 0 radical (unpaired) electrons. The molecule has 1 aromatic carbocycles. The van der Waals surface area contributed by atoms with Gasteiger partial charge in [0.2, 0.25) is 11.8 Å². The fourth-order valence-electron chi connectivity index (χ4n) is 2.82. The molecule has 5 nitrogen and oxygen atoms in total. The molecule has 3 rings (SSSR count). The van der Waals surface area contributed by atoms with Gasteiger partial charge in [-0.05, 0) is 25.0 Å². The van der Waals surface area contributed by atoms with E-state index in [2.05, 4.69) is 4.98 Å². The molecule has 0 bridgehead atoms. The van der Waals surface area contributed by atoms with Crippen LogP contribution in [0.1, 0.15) is 17.7 Å². The van der Waals surface area contributed by atoms with Crippen molar-refractivity contribution in [1.82, 2.24) is 9.88 Å². The largest absolute Gasteiger partial charge is 0.369 e. The first-order valence-corrected chi connectivity index (χ1v) is 8.63. The summed E-state index contributed by atoms with van der Waals surface area (Å²) in [5.74, 6) is -0.746. The number of nitrogens with zero attached hydrogens (tertiary/aromatic N) is 2. The number of likely N-dealkylation sites (tertiary alicyclic amines) is 1. The number of rotatable bonds is 4. The van der Waals surface area contributed by atoms with Crippen LogP contribution in [0.4, 0.5) is 4.39 Å². The van der Waals surface area contributed by atoms with Gasteiger partial charge >= 0.3 is 0 Å². The second kappa shape index (κ2) is 7.09. The Kier molecular flexibility index (Phi) is 4.89. The third-order valence-corrected chi connectivity index (χ3v) is 5.26. The molecule has 1 aromatic heterocycles. The smallest absolute Gasteiger partial charge is 0.227 e. The van der Waals surface area contributed by atoms with Gasteiger partial charge in [-0.2, -0.15) is 0 Å². The van der Waals surface area contributed by atoms with Crippen LogP contribution >= 0.6 is 11.3 Å². The lowest BCUT2D eigenvalue weighted by Gasteiger charge is -2.30. The van der Waals surface area contributed by atoms with Gasteiger partial charge in [-0.3, -0.25) is 9.59 Å². The van der Waals surface area contributed by atoms with Crippen LogP contribution in [0.2, 0.25) is 0 Å². The molecule has 1 aliphatic rings. The number of amides is 2. The van der Waals surface area contributed by atoms with Gasteiger partial charge in [0.05, 0.1) is 6.42 Å². The number of benzene rings is 1. The van der Waals surface area contributed by atoms with E-state index in [4.69, 9.17) is 5.73 Å². The zero-order valence-electron chi connectivity index (χ0n) is 13.1. The average molecular weight is 347 g/mol. The van der Waals surface area contributed by atoms with Crippen LogP contribution in [0.3, 0.4) is 0 Å². The molecule has 0 unspecified atom stereocenters. The van der Waals surface area contributed by atoms with Crippen molar-refractivity contribution in [2.45, 2.75) is 19.3 Å². The Hall–Kier alpha value is -2.28. The Labute approximate surface area is 143 Å². The summed E-state index contributed by atoms with van der Waals surface area (Å²) in [4.78, 5) is 30.3. The zero-order valence-corrected chi connectivity index (χ0v) is 13.9. The number of primary amides is 1. The van der Waals surface area contributed by atoms with Gasteiger partial charge in [0.25, 0.3) is 0 Å². The Morgan fingerprint density at radius 1 is 1.29 bits per heavy atom. The molecule has 24 heavy (non-hydrogen) atoms. The highest BCUT2D eigenvalue weighted by atomic mass is 32.1. The van der Waals surface area contributed by atoms with Crippen LogP contribution in [0.15, 0.2) is 30.5 Å². The number of piperidine rings is 1. The number of carbonyl (C=O) groups is 2. The lowest BCUT2D eigenvalue weighted by atomic mass is 9.96. The molecule has 0 atom stereocenters. The van der Waals surface area contributed by atoms with Crippen LogP contribution in [-0.2, 0) is 16.0 Å². The zero-order chi connectivity index (χ0) is 17.1. The van der Waals surface area contributed by atoms with Crippen molar-refractivity contribution < 1.29 is 14.0 Å². The van der Waals surface area contributed by atoms with Crippen LogP contribution in [0, 0.1) is 11.7 Å². The summed E-state index contributed by atoms with van der Waals surface area (Å²) in [6.07, 6.45) is 3.10. The van der Waals surface area contributed by atoms with Gasteiger partial charge in [0.1, 0.15) is 10.8 Å². The minimum Gasteiger partial charge on any atom is -0.369 e. The molecule has 7 heteroatoms. The number of nitrogens with two attached hydrogens (primary N) is 1. The lowest BCUT2D eigenvalue weighted by Crippen LogP contribution is -2.42.